The predicted molar refractivity (Wildman–Crippen MR) is 247 cm³/mol. The Labute approximate surface area is 381 Å². The monoisotopic (exact) mass is 913 g/mol. The molecule has 0 radical (unpaired) electrons. The van der Waals surface area contributed by atoms with Gasteiger partial charge in [0.2, 0.25) is 23.6 Å². The number of hydrogen-bond acceptors (Lipinski definition) is 9. The predicted octanol–water partition coefficient (Wildman–Crippen LogP) is 5.78. The van der Waals surface area contributed by atoms with Crippen molar-refractivity contribution >= 4 is 31.5 Å². The summed E-state index contributed by atoms with van der Waals surface area (Å²) < 4.78 is 16.1. The Bertz CT molecular complexity index is 1740. The molecule has 0 spiro atoms. The SMILES string of the molecule is CCCCCCCCCCCCCCCCN1CCN(CCC(=O)N[C@@H](Cc2ccc(OP(=O)(O)O)cc2)C(=O)N[C@H]2CCCC3CC[C@@H](C(=O)NCCc4cn[nH]c4)N3C2=O)CC1. The van der Waals surface area contributed by atoms with Crippen molar-refractivity contribution in [1.82, 2.24) is 40.8 Å². The van der Waals surface area contributed by atoms with Crippen LogP contribution in [-0.4, -0.2) is 128 Å². The molecule has 3 aliphatic rings. The summed E-state index contributed by atoms with van der Waals surface area (Å²) in [5.74, 6) is -1.35. The number of fused-ring (bicyclic) bond motifs is 1. The minimum atomic E-state index is -4.76. The van der Waals surface area contributed by atoms with E-state index in [0.29, 0.717) is 50.8 Å². The van der Waals surface area contributed by atoms with Gasteiger partial charge in [0.1, 0.15) is 23.9 Å². The van der Waals surface area contributed by atoms with Gasteiger partial charge < -0.3 is 35.2 Å². The van der Waals surface area contributed by atoms with Crippen molar-refractivity contribution in [2.24, 2.45) is 0 Å². The average Bonchev–Trinajstić information content (AvgIpc) is 3.93. The minimum Gasteiger partial charge on any atom is -0.404 e. The fraction of sp³-hybridized carbons (Fsp3) is 0.723. The molecular weight excluding hydrogens is 836 g/mol. The van der Waals surface area contributed by atoms with Crippen LogP contribution in [0.25, 0.3) is 0 Å². The average molecular weight is 913 g/mol. The number of phosphoric acid groups is 1. The van der Waals surface area contributed by atoms with Gasteiger partial charge in [-0.05, 0) is 74.8 Å². The van der Waals surface area contributed by atoms with Crippen LogP contribution in [0.15, 0.2) is 36.7 Å². The van der Waals surface area contributed by atoms with Gasteiger partial charge in [-0.2, -0.15) is 5.10 Å². The van der Waals surface area contributed by atoms with Crippen LogP contribution in [0, 0.1) is 0 Å². The number of H-pyrrole nitrogens is 1. The first-order valence-corrected chi connectivity index (χ1v) is 26.0. The van der Waals surface area contributed by atoms with Crippen LogP contribution < -0.4 is 20.5 Å². The first-order valence-electron chi connectivity index (χ1n) is 24.4. The van der Waals surface area contributed by atoms with E-state index in [2.05, 4.69) is 47.4 Å². The molecule has 1 aromatic heterocycles. The molecular formula is C47H77N8O8P. The van der Waals surface area contributed by atoms with Gasteiger partial charge >= 0.3 is 7.82 Å². The molecule has 17 heteroatoms. The lowest BCUT2D eigenvalue weighted by molar-refractivity contribution is -0.143. The second kappa shape index (κ2) is 27.6. The summed E-state index contributed by atoms with van der Waals surface area (Å²) in [6.45, 7) is 8.04. The number of piperazine rings is 1. The molecule has 16 nitrogen and oxygen atoms in total. The molecule has 1 unspecified atom stereocenters. The fourth-order valence-corrected chi connectivity index (χ4v) is 9.84. The highest BCUT2D eigenvalue weighted by molar-refractivity contribution is 7.46. The highest BCUT2D eigenvalue weighted by Gasteiger charge is 2.45. The number of aromatic nitrogens is 2. The van der Waals surface area contributed by atoms with Gasteiger partial charge in [-0.25, -0.2) is 4.57 Å². The molecule has 4 atom stereocenters. The zero-order chi connectivity index (χ0) is 45.6. The van der Waals surface area contributed by atoms with Crippen molar-refractivity contribution < 1.29 is 38.1 Å². The molecule has 3 saturated heterocycles. The third kappa shape index (κ3) is 18.2. The lowest BCUT2D eigenvalue weighted by Gasteiger charge is -2.34. The van der Waals surface area contributed by atoms with Crippen molar-refractivity contribution in [1.29, 1.82) is 0 Å². The number of aromatic amines is 1. The molecule has 2 aromatic rings. The van der Waals surface area contributed by atoms with Crippen LogP contribution in [0.5, 0.6) is 5.75 Å². The third-order valence-electron chi connectivity index (χ3n) is 13.2. The Kier molecular flexibility index (Phi) is 22.1. The van der Waals surface area contributed by atoms with E-state index in [9.17, 15) is 33.5 Å². The molecule has 358 valence electrons. The van der Waals surface area contributed by atoms with Crippen LogP contribution in [0.2, 0.25) is 0 Å². The van der Waals surface area contributed by atoms with Crippen LogP contribution in [0.1, 0.15) is 146 Å². The molecule has 4 heterocycles. The van der Waals surface area contributed by atoms with E-state index in [4.69, 9.17) is 0 Å². The van der Waals surface area contributed by atoms with Crippen LogP contribution in [0.3, 0.4) is 0 Å². The number of amides is 4. The van der Waals surface area contributed by atoms with Crippen molar-refractivity contribution in [3.05, 3.63) is 47.8 Å². The Morgan fingerprint density at radius 3 is 2.06 bits per heavy atom. The number of carbonyl (C=O) groups is 4. The van der Waals surface area contributed by atoms with E-state index >= 15 is 0 Å². The third-order valence-corrected chi connectivity index (χ3v) is 13.6. The highest BCUT2D eigenvalue weighted by atomic mass is 31.2. The molecule has 1 aromatic carbocycles. The normalized spacial score (nSPS) is 20.1. The number of phosphoric ester groups is 1. The second-order valence-electron chi connectivity index (χ2n) is 18.2. The number of nitrogens with zero attached hydrogens (tertiary/aromatic N) is 4. The zero-order valence-corrected chi connectivity index (χ0v) is 39.3. The maximum atomic E-state index is 14.1. The molecule has 5 rings (SSSR count). The molecule has 64 heavy (non-hydrogen) atoms. The van der Waals surface area contributed by atoms with E-state index < -0.39 is 31.9 Å². The van der Waals surface area contributed by atoms with Gasteiger partial charge in [-0.15, -0.1) is 0 Å². The lowest BCUT2D eigenvalue weighted by atomic mass is 10.0. The summed E-state index contributed by atoms with van der Waals surface area (Å²) in [7, 11) is -4.76. The summed E-state index contributed by atoms with van der Waals surface area (Å²) in [6, 6.07) is 3.34. The highest BCUT2D eigenvalue weighted by Crippen LogP contribution is 2.37. The Hall–Kier alpha value is -3.82. The number of carbonyl (C=O) groups excluding carboxylic acids is 4. The van der Waals surface area contributed by atoms with Gasteiger partial charge in [0.15, 0.2) is 0 Å². The van der Waals surface area contributed by atoms with Crippen LogP contribution in [0.4, 0.5) is 0 Å². The van der Waals surface area contributed by atoms with Gasteiger partial charge in [-0.3, -0.25) is 34.1 Å². The minimum absolute atomic E-state index is 0.0360. The van der Waals surface area contributed by atoms with Gasteiger partial charge in [0.05, 0.1) is 6.20 Å². The Morgan fingerprint density at radius 2 is 1.45 bits per heavy atom. The van der Waals surface area contributed by atoms with Crippen molar-refractivity contribution in [3.8, 4) is 5.75 Å². The largest absolute Gasteiger partial charge is 0.524 e. The van der Waals surface area contributed by atoms with Gasteiger partial charge in [0.25, 0.3) is 0 Å². The molecule has 4 amide bonds. The van der Waals surface area contributed by atoms with Gasteiger partial charge in [-0.1, -0.05) is 103 Å². The summed E-state index contributed by atoms with van der Waals surface area (Å²) in [5.41, 5.74) is 1.58. The molecule has 3 aliphatic heterocycles. The van der Waals surface area contributed by atoms with E-state index in [1.807, 2.05) is 0 Å². The van der Waals surface area contributed by atoms with E-state index in [-0.39, 0.29) is 42.4 Å². The molecule has 0 aliphatic carbocycles. The summed E-state index contributed by atoms with van der Waals surface area (Å²) in [4.78, 5) is 80.0. The van der Waals surface area contributed by atoms with E-state index in [1.54, 1.807) is 29.4 Å². The van der Waals surface area contributed by atoms with E-state index in [0.717, 1.165) is 44.7 Å². The number of benzene rings is 1. The lowest BCUT2D eigenvalue weighted by Crippen LogP contribution is -2.57. The van der Waals surface area contributed by atoms with Crippen molar-refractivity contribution in [3.63, 3.8) is 0 Å². The van der Waals surface area contributed by atoms with Crippen molar-refractivity contribution in [2.75, 3.05) is 45.8 Å². The van der Waals surface area contributed by atoms with E-state index in [1.165, 1.54) is 102 Å². The number of rotatable bonds is 29. The number of nitrogens with one attached hydrogen (secondary N) is 4. The van der Waals surface area contributed by atoms with Crippen LogP contribution >= 0.6 is 7.82 Å². The zero-order valence-electron chi connectivity index (χ0n) is 38.4. The Balaban J connectivity index is 1.06. The quantitative estimate of drug-likeness (QED) is 0.0426. The topological polar surface area (TPSA) is 210 Å². The second-order valence-corrected chi connectivity index (χ2v) is 19.4. The molecule has 0 bridgehead atoms. The fourth-order valence-electron chi connectivity index (χ4n) is 9.45. The van der Waals surface area contributed by atoms with Crippen molar-refractivity contribution in [2.45, 2.75) is 172 Å². The number of hydrogen-bond donors (Lipinski definition) is 6. The number of unbranched alkanes of at least 4 members (excludes halogenated alkanes) is 13. The first-order chi connectivity index (χ1) is 31.0. The van der Waals surface area contributed by atoms with Crippen LogP contribution in [-0.2, 0) is 36.6 Å². The molecule has 3 fully saturated rings. The summed E-state index contributed by atoms with van der Waals surface area (Å²) in [5, 5.41) is 15.5. The van der Waals surface area contributed by atoms with Gasteiger partial charge in [0, 0.05) is 64.3 Å². The maximum Gasteiger partial charge on any atom is 0.524 e. The first kappa shape index (κ1) is 51.2. The summed E-state index contributed by atoms with van der Waals surface area (Å²) >= 11 is 0. The smallest absolute Gasteiger partial charge is 0.404 e. The molecule has 6 N–H and O–H groups in total. The summed E-state index contributed by atoms with van der Waals surface area (Å²) in [6.07, 6.45) is 26.4. The molecule has 0 saturated carbocycles. The Morgan fingerprint density at radius 1 is 0.828 bits per heavy atom. The standard InChI is InChI=1S/C47H77N8O8P/c1-2-3-4-5-6-7-8-9-10-11-12-13-14-15-28-53-30-32-54(33-31-53)29-26-44(56)51-42(34-37-19-22-40(23-20-37)63-64(60,61)62)45(57)52-41-18-16-17-39-21-24-43(55(39)47(41)59)46(58)48-27-25-38-35-49-50-36-38/h19-20,22-23,35-36,39,41-43H,2-18,21,24-34H2,1H3,(H,48,58)(H,49,50)(H,51,56)(H,52,57)(H2,60,61,62)/t39?,41-,42-,43-/m0/s1. The maximum absolute atomic E-state index is 14.1.